The van der Waals surface area contributed by atoms with Crippen LogP contribution in [0.5, 0.6) is 0 Å². The van der Waals surface area contributed by atoms with E-state index in [1.165, 1.54) is 12.5 Å². The number of piperidine rings is 1. The van der Waals surface area contributed by atoms with Gasteiger partial charge in [-0.3, -0.25) is 4.79 Å². The molecule has 0 unspecified atom stereocenters. The summed E-state index contributed by atoms with van der Waals surface area (Å²) < 4.78 is 4.94. The van der Waals surface area contributed by atoms with Crippen LogP contribution in [-0.4, -0.2) is 43.0 Å². The Morgan fingerprint density at radius 1 is 1.38 bits per heavy atom. The topological polar surface area (TPSA) is 74.6 Å². The van der Waals surface area contributed by atoms with Crippen molar-refractivity contribution in [2.24, 2.45) is 5.92 Å². The summed E-state index contributed by atoms with van der Waals surface area (Å²) in [6, 6.07) is 1.51. The van der Waals surface area contributed by atoms with Crippen molar-refractivity contribution < 1.29 is 14.0 Å². The summed E-state index contributed by atoms with van der Waals surface area (Å²) in [7, 11) is 0. The molecule has 1 fully saturated rings. The molecule has 114 valence electrons. The van der Waals surface area contributed by atoms with Gasteiger partial charge in [-0.2, -0.15) is 0 Å². The summed E-state index contributed by atoms with van der Waals surface area (Å²) in [5.41, 5.74) is 0.593. The first-order chi connectivity index (χ1) is 10.2. The standard InChI is InChI=1S/C15H21N3O3/c1-2-6-16-15(20)17-10-12-3-7-18(8-4-12)14(19)13-5-9-21-11-13/h2,5,9,11-12H,1,3-4,6-8,10H2,(H2,16,17,20). The van der Waals surface area contributed by atoms with E-state index in [0.29, 0.717) is 37.7 Å². The predicted octanol–water partition coefficient (Wildman–Crippen LogP) is 1.62. The van der Waals surface area contributed by atoms with Crippen molar-refractivity contribution >= 4 is 11.9 Å². The second-order valence-electron chi connectivity index (χ2n) is 5.13. The molecule has 1 saturated heterocycles. The van der Waals surface area contributed by atoms with Crippen LogP contribution in [0, 0.1) is 5.92 Å². The molecule has 1 aliphatic rings. The molecule has 0 radical (unpaired) electrons. The van der Waals surface area contributed by atoms with Gasteiger partial charge in [-0.25, -0.2) is 4.79 Å². The van der Waals surface area contributed by atoms with Crippen molar-refractivity contribution in [3.63, 3.8) is 0 Å². The van der Waals surface area contributed by atoms with Gasteiger partial charge < -0.3 is 20.0 Å². The fourth-order valence-electron chi connectivity index (χ4n) is 2.37. The molecule has 0 aromatic carbocycles. The molecule has 0 atom stereocenters. The van der Waals surface area contributed by atoms with Crippen molar-refractivity contribution in [2.75, 3.05) is 26.2 Å². The fraction of sp³-hybridized carbons (Fsp3) is 0.467. The van der Waals surface area contributed by atoms with Crippen LogP contribution in [0.15, 0.2) is 35.7 Å². The van der Waals surface area contributed by atoms with Crippen LogP contribution in [-0.2, 0) is 0 Å². The summed E-state index contributed by atoms with van der Waals surface area (Å²) in [4.78, 5) is 25.4. The summed E-state index contributed by atoms with van der Waals surface area (Å²) in [6.07, 6.45) is 6.40. The Labute approximate surface area is 124 Å². The summed E-state index contributed by atoms with van der Waals surface area (Å²) in [5, 5.41) is 5.52. The van der Waals surface area contributed by atoms with E-state index < -0.39 is 0 Å². The molecule has 6 heteroatoms. The Kier molecular flexibility index (Phi) is 5.43. The molecule has 0 bridgehead atoms. The largest absolute Gasteiger partial charge is 0.472 e. The van der Waals surface area contributed by atoms with Crippen molar-refractivity contribution in [1.29, 1.82) is 0 Å². The molecule has 0 aliphatic carbocycles. The third-order valence-electron chi connectivity index (χ3n) is 3.63. The highest BCUT2D eigenvalue weighted by Crippen LogP contribution is 2.18. The predicted molar refractivity (Wildman–Crippen MR) is 78.9 cm³/mol. The number of nitrogens with one attached hydrogen (secondary N) is 2. The number of carbonyl (C=O) groups excluding carboxylic acids is 2. The number of hydrogen-bond donors (Lipinski definition) is 2. The normalized spacial score (nSPS) is 15.5. The Morgan fingerprint density at radius 2 is 2.14 bits per heavy atom. The molecule has 1 aromatic rings. The zero-order chi connectivity index (χ0) is 15.1. The van der Waals surface area contributed by atoms with Gasteiger partial charge in [-0.15, -0.1) is 6.58 Å². The molecule has 2 rings (SSSR count). The maximum Gasteiger partial charge on any atom is 0.315 e. The van der Waals surface area contributed by atoms with E-state index in [1.807, 2.05) is 4.90 Å². The zero-order valence-electron chi connectivity index (χ0n) is 12.0. The number of likely N-dealkylation sites (tertiary alicyclic amines) is 1. The van der Waals surface area contributed by atoms with E-state index in [-0.39, 0.29) is 11.9 Å². The van der Waals surface area contributed by atoms with E-state index in [2.05, 4.69) is 17.2 Å². The average Bonchev–Trinajstić information content (AvgIpc) is 3.05. The quantitative estimate of drug-likeness (QED) is 0.809. The average molecular weight is 291 g/mol. The maximum absolute atomic E-state index is 12.1. The molecule has 2 heterocycles. The van der Waals surface area contributed by atoms with Crippen molar-refractivity contribution in [3.05, 3.63) is 36.8 Å². The third kappa shape index (κ3) is 4.37. The van der Waals surface area contributed by atoms with Crippen LogP contribution < -0.4 is 10.6 Å². The number of urea groups is 1. The van der Waals surface area contributed by atoms with Gasteiger partial charge >= 0.3 is 6.03 Å². The van der Waals surface area contributed by atoms with Gasteiger partial charge in [-0.05, 0) is 24.8 Å². The molecule has 1 aliphatic heterocycles. The van der Waals surface area contributed by atoms with Crippen LogP contribution in [0.2, 0.25) is 0 Å². The monoisotopic (exact) mass is 291 g/mol. The molecule has 2 N–H and O–H groups in total. The fourth-order valence-corrected chi connectivity index (χ4v) is 2.37. The molecule has 6 nitrogen and oxygen atoms in total. The molecule has 3 amide bonds. The first kappa shape index (κ1) is 15.2. The maximum atomic E-state index is 12.1. The van der Waals surface area contributed by atoms with Crippen LogP contribution in [0.4, 0.5) is 4.79 Å². The van der Waals surface area contributed by atoms with Gasteiger partial charge in [0.05, 0.1) is 11.8 Å². The number of furan rings is 1. The van der Waals surface area contributed by atoms with Gasteiger partial charge in [0, 0.05) is 26.2 Å². The lowest BCUT2D eigenvalue weighted by Gasteiger charge is -2.31. The molecule has 1 aromatic heterocycles. The van der Waals surface area contributed by atoms with Gasteiger partial charge in [0.15, 0.2) is 0 Å². The molecule has 0 saturated carbocycles. The highest BCUT2D eigenvalue weighted by atomic mass is 16.3. The number of carbonyl (C=O) groups is 2. The van der Waals surface area contributed by atoms with E-state index in [1.54, 1.807) is 12.1 Å². The van der Waals surface area contributed by atoms with E-state index in [0.717, 1.165) is 12.8 Å². The number of hydrogen-bond acceptors (Lipinski definition) is 3. The van der Waals surface area contributed by atoms with E-state index in [9.17, 15) is 9.59 Å². The summed E-state index contributed by atoms with van der Waals surface area (Å²) in [6.45, 7) is 6.07. The van der Waals surface area contributed by atoms with Crippen molar-refractivity contribution in [3.8, 4) is 0 Å². The lowest BCUT2D eigenvalue weighted by Crippen LogP contribution is -2.43. The van der Waals surface area contributed by atoms with Gasteiger partial charge in [0.2, 0.25) is 0 Å². The minimum Gasteiger partial charge on any atom is -0.472 e. The highest BCUT2D eigenvalue weighted by molar-refractivity contribution is 5.93. The Hall–Kier alpha value is -2.24. The van der Waals surface area contributed by atoms with Crippen molar-refractivity contribution in [1.82, 2.24) is 15.5 Å². The van der Waals surface area contributed by atoms with E-state index in [4.69, 9.17) is 4.42 Å². The summed E-state index contributed by atoms with van der Waals surface area (Å²) >= 11 is 0. The number of rotatable bonds is 5. The second-order valence-corrected chi connectivity index (χ2v) is 5.13. The molecule has 21 heavy (non-hydrogen) atoms. The SMILES string of the molecule is C=CCNC(=O)NCC1CCN(C(=O)c2ccoc2)CC1. The summed E-state index contributed by atoms with van der Waals surface area (Å²) in [5.74, 6) is 0.423. The molecule has 0 spiro atoms. The number of amides is 3. The first-order valence-corrected chi connectivity index (χ1v) is 7.14. The van der Waals surface area contributed by atoms with Gasteiger partial charge in [0.1, 0.15) is 6.26 Å². The highest BCUT2D eigenvalue weighted by Gasteiger charge is 2.24. The Balaban J connectivity index is 1.70. The smallest absolute Gasteiger partial charge is 0.315 e. The lowest BCUT2D eigenvalue weighted by molar-refractivity contribution is 0.0690. The lowest BCUT2D eigenvalue weighted by atomic mass is 9.96. The van der Waals surface area contributed by atoms with Crippen LogP contribution in [0.3, 0.4) is 0 Å². The van der Waals surface area contributed by atoms with Crippen LogP contribution >= 0.6 is 0 Å². The third-order valence-corrected chi connectivity index (χ3v) is 3.63. The van der Waals surface area contributed by atoms with Gasteiger partial charge in [-0.1, -0.05) is 6.08 Å². The number of nitrogens with zero attached hydrogens (tertiary/aromatic N) is 1. The minimum absolute atomic E-state index is 0.0129. The first-order valence-electron chi connectivity index (χ1n) is 7.14. The van der Waals surface area contributed by atoms with Crippen LogP contribution in [0.25, 0.3) is 0 Å². The Bertz CT molecular complexity index is 476. The minimum atomic E-state index is -0.174. The molecular weight excluding hydrogens is 270 g/mol. The zero-order valence-corrected chi connectivity index (χ0v) is 12.0. The second kappa shape index (κ2) is 7.52. The molecular formula is C15H21N3O3. The Morgan fingerprint density at radius 3 is 2.76 bits per heavy atom. The van der Waals surface area contributed by atoms with E-state index >= 15 is 0 Å². The van der Waals surface area contributed by atoms with Crippen molar-refractivity contribution in [2.45, 2.75) is 12.8 Å². The van der Waals surface area contributed by atoms with Crippen LogP contribution in [0.1, 0.15) is 23.2 Å². The van der Waals surface area contributed by atoms with Gasteiger partial charge in [0.25, 0.3) is 5.91 Å².